The molecule has 1 aliphatic rings. The molecule has 0 aromatic rings. The van der Waals surface area contributed by atoms with Crippen molar-refractivity contribution in [3.63, 3.8) is 0 Å². The van der Waals surface area contributed by atoms with E-state index in [2.05, 4.69) is 0 Å². The van der Waals surface area contributed by atoms with Crippen LogP contribution in [0.4, 0.5) is 0 Å². The Morgan fingerprint density at radius 3 is 2.43 bits per heavy atom. The molecule has 1 fully saturated rings. The highest BCUT2D eigenvalue weighted by Crippen LogP contribution is 2.37. The third-order valence-electron chi connectivity index (χ3n) is 2.85. The lowest BCUT2D eigenvalue weighted by atomic mass is 9.75. The second-order valence-electron chi connectivity index (χ2n) is 3.86. The first kappa shape index (κ1) is 11.7. The molecule has 0 spiro atoms. The van der Waals surface area contributed by atoms with Crippen LogP contribution >= 0.6 is 0 Å². The molecule has 4 nitrogen and oxygen atoms in total. The highest BCUT2D eigenvalue weighted by Gasteiger charge is 2.41. The van der Waals surface area contributed by atoms with Crippen molar-refractivity contribution in [1.82, 2.24) is 0 Å². The van der Waals surface area contributed by atoms with Crippen molar-refractivity contribution in [1.29, 1.82) is 0 Å². The fraction of sp³-hybridized carbons (Fsp3) is 0.889. The van der Waals surface area contributed by atoms with Gasteiger partial charge in [0.1, 0.15) is 0 Å². The Bertz CT molecular complexity index is 236. The second-order valence-corrected chi connectivity index (χ2v) is 4.91. The van der Waals surface area contributed by atoms with Crippen LogP contribution in [0.15, 0.2) is 0 Å². The summed E-state index contributed by atoms with van der Waals surface area (Å²) < 4.78 is 15.8. The summed E-state index contributed by atoms with van der Waals surface area (Å²) in [5.74, 6) is -0.0179. The third-order valence-corrected chi connectivity index (χ3v) is 3.68. The van der Waals surface area contributed by atoms with Crippen LogP contribution in [0.2, 0.25) is 0 Å². The predicted molar refractivity (Wildman–Crippen MR) is 54.7 cm³/mol. The number of carbonyl (C=O) groups is 1. The topological polar surface area (TPSA) is 69.4 Å². The molecule has 1 unspecified atom stereocenters. The van der Waals surface area contributed by atoms with Crippen LogP contribution in [0.3, 0.4) is 0 Å². The first-order valence-electron chi connectivity index (χ1n) is 4.82. The van der Waals surface area contributed by atoms with E-state index in [-0.39, 0.29) is 11.7 Å². The fourth-order valence-electron chi connectivity index (χ4n) is 2.12. The van der Waals surface area contributed by atoms with Crippen LogP contribution in [0.25, 0.3) is 0 Å². The molecule has 0 saturated heterocycles. The normalized spacial score (nSPS) is 22.7. The molecule has 2 N–H and O–H groups in total. The van der Waals surface area contributed by atoms with Crippen molar-refractivity contribution in [2.75, 3.05) is 12.9 Å². The van der Waals surface area contributed by atoms with Crippen LogP contribution in [0, 0.1) is 5.41 Å². The Balaban J connectivity index is 2.76. The summed E-state index contributed by atoms with van der Waals surface area (Å²) >= 11 is 0. The van der Waals surface area contributed by atoms with E-state index in [0.717, 1.165) is 32.1 Å². The lowest BCUT2D eigenvalue weighted by Gasteiger charge is -2.33. The molecule has 14 heavy (non-hydrogen) atoms. The van der Waals surface area contributed by atoms with Gasteiger partial charge in [-0.2, -0.15) is 0 Å². The van der Waals surface area contributed by atoms with E-state index < -0.39 is 16.4 Å². The monoisotopic (exact) mass is 219 g/mol. The molecule has 0 aromatic carbocycles. The zero-order valence-corrected chi connectivity index (χ0v) is 9.27. The van der Waals surface area contributed by atoms with Crippen LogP contribution in [0.1, 0.15) is 32.1 Å². The molecule has 1 atom stereocenters. The van der Waals surface area contributed by atoms with Crippen molar-refractivity contribution in [3.8, 4) is 0 Å². The zero-order valence-electron chi connectivity index (χ0n) is 8.45. The highest BCUT2D eigenvalue weighted by molar-refractivity contribution is 7.82. The van der Waals surface area contributed by atoms with Crippen molar-refractivity contribution in [2.24, 2.45) is 10.6 Å². The van der Waals surface area contributed by atoms with Crippen molar-refractivity contribution >= 4 is 17.0 Å². The molecule has 1 rings (SSSR count). The summed E-state index contributed by atoms with van der Waals surface area (Å²) in [6.45, 7) is 0. The average Bonchev–Trinajstić information content (AvgIpc) is 2.17. The maximum absolute atomic E-state index is 11.6. The molecule has 0 aromatic heterocycles. The number of esters is 1. The lowest BCUT2D eigenvalue weighted by Crippen LogP contribution is -2.40. The van der Waals surface area contributed by atoms with Crippen LogP contribution in [-0.4, -0.2) is 23.0 Å². The van der Waals surface area contributed by atoms with Crippen LogP contribution < -0.4 is 5.14 Å². The summed E-state index contributed by atoms with van der Waals surface area (Å²) in [7, 11) is -0.0523. The molecular weight excluding hydrogens is 202 g/mol. The molecule has 1 aliphatic carbocycles. The second kappa shape index (κ2) is 4.89. The number of methoxy groups -OCH3 is 1. The number of hydrogen-bond donors (Lipinski definition) is 1. The Kier molecular flexibility index (Phi) is 4.07. The number of rotatable bonds is 3. The van der Waals surface area contributed by atoms with Gasteiger partial charge < -0.3 is 4.74 Å². The van der Waals surface area contributed by atoms with Crippen molar-refractivity contribution < 1.29 is 13.7 Å². The first-order valence-corrected chi connectivity index (χ1v) is 6.20. The predicted octanol–water partition coefficient (Wildman–Crippen LogP) is 0.732. The summed E-state index contributed by atoms with van der Waals surface area (Å²) in [5, 5.41) is 5.27. The largest absolute Gasteiger partial charge is 0.469 e. The smallest absolute Gasteiger partial charge is 0.312 e. The van der Waals surface area contributed by atoms with Gasteiger partial charge in [0, 0.05) is 0 Å². The molecular formula is C9H17NO3S. The van der Waals surface area contributed by atoms with Gasteiger partial charge in [0.2, 0.25) is 0 Å². The Morgan fingerprint density at radius 1 is 1.43 bits per heavy atom. The number of nitrogens with two attached hydrogens (primary N) is 1. The average molecular weight is 219 g/mol. The lowest BCUT2D eigenvalue weighted by molar-refractivity contribution is -0.153. The van der Waals surface area contributed by atoms with E-state index in [1.165, 1.54) is 7.11 Å². The fourth-order valence-corrected chi connectivity index (χ4v) is 3.08. The van der Waals surface area contributed by atoms with Gasteiger partial charge in [0.05, 0.1) is 29.3 Å². The standard InChI is InChI=1S/C9H17NO3S/c1-13-8(11)9(7-14(10)12)5-3-2-4-6-9/h2-7,10H2,1H3. The minimum absolute atomic E-state index is 0.236. The van der Waals surface area contributed by atoms with Crippen molar-refractivity contribution in [3.05, 3.63) is 0 Å². The molecule has 1 saturated carbocycles. The van der Waals surface area contributed by atoms with E-state index >= 15 is 0 Å². The van der Waals surface area contributed by atoms with Crippen LogP contribution in [-0.2, 0) is 20.5 Å². The SMILES string of the molecule is COC(=O)C1(CS(N)=O)CCCCC1. The molecule has 5 heteroatoms. The van der Waals surface area contributed by atoms with E-state index in [0.29, 0.717) is 0 Å². The van der Waals surface area contributed by atoms with Gasteiger partial charge in [-0.25, -0.2) is 4.21 Å². The molecule has 0 aliphatic heterocycles. The Hall–Kier alpha value is -0.420. The quantitative estimate of drug-likeness (QED) is 0.711. The highest BCUT2D eigenvalue weighted by atomic mass is 32.2. The van der Waals surface area contributed by atoms with E-state index in [1.807, 2.05) is 0 Å². The maximum Gasteiger partial charge on any atom is 0.312 e. The third kappa shape index (κ3) is 2.54. The van der Waals surface area contributed by atoms with E-state index in [1.54, 1.807) is 0 Å². The van der Waals surface area contributed by atoms with Gasteiger partial charge in [0.25, 0.3) is 0 Å². The number of carbonyl (C=O) groups excluding carboxylic acids is 1. The minimum Gasteiger partial charge on any atom is -0.469 e. The molecule has 0 amide bonds. The summed E-state index contributed by atoms with van der Waals surface area (Å²) in [6, 6.07) is 0. The maximum atomic E-state index is 11.6. The number of ether oxygens (including phenoxy) is 1. The van der Waals surface area contributed by atoms with Crippen molar-refractivity contribution in [2.45, 2.75) is 32.1 Å². The summed E-state index contributed by atoms with van der Waals surface area (Å²) in [4.78, 5) is 11.6. The van der Waals surface area contributed by atoms with Gasteiger partial charge in [-0.05, 0) is 12.8 Å². The van der Waals surface area contributed by atoms with Gasteiger partial charge in [-0.15, -0.1) is 0 Å². The van der Waals surface area contributed by atoms with E-state index in [4.69, 9.17) is 9.88 Å². The molecule has 0 radical (unpaired) electrons. The Morgan fingerprint density at radius 2 is 2.00 bits per heavy atom. The van der Waals surface area contributed by atoms with Gasteiger partial charge in [-0.3, -0.25) is 9.93 Å². The molecule has 82 valence electrons. The minimum atomic E-state index is -1.43. The zero-order chi connectivity index (χ0) is 10.6. The number of hydrogen-bond acceptors (Lipinski definition) is 3. The molecule has 0 heterocycles. The van der Waals surface area contributed by atoms with Gasteiger partial charge in [0.15, 0.2) is 0 Å². The summed E-state index contributed by atoms with van der Waals surface area (Å²) in [5.41, 5.74) is -0.577. The van der Waals surface area contributed by atoms with E-state index in [9.17, 15) is 9.00 Å². The Labute approximate surface area is 86.8 Å². The first-order chi connectivity index (χ1) is 6.60. The van der Waals surface area contributed by atoms with Gasteiger partial charge in [-0.1, -0.05) is 19.3 Å². The van der Waals surface area contributed by atoms with Gasteiger partial charge >= 0.3 is 5.97 Å². The van der Waals surface area contributed by atoms with Crippen LogP contribution in [0.5, 0.6) is 0 Å². The summed E-state index contributed by atoms with van der Waals surface area (Å²) in [6.07, 6.45) is 4.62. The molecule has 0 bridgehead atoms.